The van der Waals surface area contributed by atoms with E-state index in [2.05, 4.69) is 44.2 Å². The average Bonchev–Trinajstić information content (AvgIpc) is 2.42. The molecule has 0 spiro atoms. The molecule has 0 aliphatic rings. The molecule has 0 saturated heterocycles. The zero-order valence-corrected chi connectivity index (χ0v) is 12.0. The smallest absolute Gasteiger partial charge is 0.0575 e. The maximum Gasteiger partial charge on any atom is 0.0575 e. The summed E-state index contributed by atoms with van der Waals surface area (Å²) < 4.78 is 6.05. The fourth-order valence-corrected chi connectivity index (χ4v) is 2.16. The fraction of sp³-hybridized carbons (Fsp3) is 0.647. The van der Waals surface area contributed by atoms with Crippen molar-refractivity contribution < 1.29 is 4.74 Å². The van der Waals surface area contributed by atoms with Gasteiger partial charge in [-0.2, -0.15) is 0 Å². The van der Waals surface area contributed by atoms with Gasteiger partial charge in [0.25, 0.3) is 0 Å². The predicted molar refractivity (Wildman–Crippen MR) is 78.9 cm³/mol. The molecule has 0 atom stereocenters. The van der Waals surface area contributed by atoms with Crippen LogP contribution in [0, 0.1) is 0 Å². The van der Waals surface area contributed by atoms with Gasteiger partial charge in [0, 0.05) is 0 Å². The summed E-state index contributed by atoms with van der Waals surface area (Å²) in [5.41, 5.74) is 1.38. The number of hydrogen-bond acceptors (Lipinski definition) is 1. The highest BCUT2D eigenvalue weighted by atomic mass is 16.5. The van der Waals surface area contributed by atoms with Crippen LogP contribution in [0.4, 0.5) is 0 Å². The predicted octanol–water partition coefficient (Wildman–Crippen LogP) is 4.99. The van der Waals surface area contributed by atoms with E-state index in [4.69, 9.17) is 4.74 Å². The second kappa shape index (κ2) is 10.1. The van der Waals surface area contributed by atoms with Crippen molar-refractivity contribution in [2.75, 3.05) is 6.61 Å². The van der Waals surface area contributed by atoms with E-state index in [9.17, 15) is 0 Å². The van der Waals surface area contributed by atoms with Crippen molar-refractivity contribution in [3.8, 4) is 0 Å². The third kappa shape index (κ3) is 6.80. The summed E-state index contributed by atoms with van der Waals surface area (Å²) in [6.07, 6.45) is 9.09. The van der Waals surface area contributed by atoms with Gasteiger partial charge in [-0.05, 0) is 24.8 Å². The summed E-state index contributed by atoms with van der Waals surface area (Å²) in [7, 11) is 0. The van der Waals surface area contributed by atoms with Crippen molar-refractivity contribution in [1.82, 2.24) is 0 Å². The van der Waals surface area contributed by atoms with Crippen molar-refractivity contribution in [1.29, 1.82) is 0 Å². The van der Waals surface area contributed by atoms with Gasteiger partial charge in [-0.25, -0.2) is 0 Å². The minimum atomic E-state index is 0.480. The quantitative estimate of drug-likeness (QED) is 0.566. The summed E-state index contributed by atoms with van der Waals surface area (Å²) in [6, 6.07) is 10.6. The Hall–Kier alpha value is -0.820. The van der Waals surface area contributed by atoms with Crippen LogP contribution in [0.1, 0.15) is 57.9 Å². The van der Waals surface area contributed by atoms with Gasteiger partial charge in [0.2, 0.25) is 0 Å². The molecular weight excluding hydrogens is 220 g/mol. The zero-order chi connectivity index (χ0) is 13.1. The number of unbranched alkanes of at least 4 members (excludes halogenated alkanes) is 2. The highest BCUT2D eigenvalue weighted by Crippen LogP contribution is 2.13. The van der Waals surface area contributed by atoms with Crippen LogP contribution >= 0.6 is 0 Å². The number of benzene rings is 1. The summed E-state index contributed by atoms with van der Waals surface area (Å²) in [6.45, 7) is 5.36. The maximum atomic E-state index is 6.05. The third-order valence-electron chi connectivity index (χ3n) is 3.35. The second-order valence-electron chi connectivity index (χ2n) is 5.01. The highest BCUT2D eigenvalue weighted by molar-refractivity contribution is 5.14. The van der Waals surface area contributed by atoms with Crippen molar-refractivity contribution in [2.24, 2.45) is 0 Å². The maximum absolute atomic E-state index is 6.05. The van der Waals surface area contributed by atoms with Gasteiger partial charge < -0.3 is 4.74 Å². The van der Waals surface area contributed by atoms with Crippen molar-refractivity contribution in [3.05, 3.63) is 35.9 Å². The summed E-state index contributed by atoms with van der Waals surface area (Å²) in [4.78, 5) is 0. The van der Waals surface area contributed by atoms with Gasteiger partial charge in [0.1, 0.15) is 0 Å². The van der Waals surface area contributed by atoms with E-state index in [0.717, 1.165) is 13.0 Å². The van der Waals surface area contributed by atoms with Crippen LogP contribution in [0.15, 0.2) is 30.3 Å². The number of ether oxygens (including phenoxy) is 1. The molecule has 1 heteroatoms. The Bertz CT molecular complexity index is 273. The molecule has 0 saturated carbocycles. The van der Waals surface area contributed by atoms with E-state index in [0.29, 0.717) is 6.10 Å². The lowest BCUT2D eigenvalue weighted by Crippen LogP contribution is -2.15. The standard InChI is InChI=1S/C17H28O/c1-3-5-12-17(13-6-4-2)18-15-14-16-10-8-7-9-11-16/h7-11,17H,3-6,12-15H2,1-2H3. The molecule has 0 aromatic heterocycles. The molecule has 0 radical (unpaired) electrons. The Morgan fingerprint density at radius 3 is 2.11 bits per heavy atom. The molecule has 0 aliphatic carbocycles. The largest absolute Gasteiger partial charge is 0.378 e. The highest BCUT2D eigenvalue weighted by Gasteiger charge is 2.07. The summed E-state index contributed by atoms with van der Waals surface area (Å²) >= 11 is 0. The number of hydrogen-bond donors (Lipinski definition) is 0. The summed E-state index contributed by atoms with van der Waals surface area (Å²) in [5, 5.41) is 0. The Balaban J connectivity index is 2.23. The topological polar surface area (TPSA) is 9.23 Å². The third-order valence-corrected chi connectivity index (χ3v) is 3.35. The molecule has 0 amide bonds. The Labute approximate surface area is 113 Å². The van der Waals surface area contributed by atoms with Crippen molar-refractivity contribution in [2.45, 2.75) is 64.9 Å². The molecule has 102 valence electrons. The molecular formula is C17H28O. The minimum absolute atomic E-state index is 0.480. The fourth-order valence-electron chi connectivity index (χ4n) is 2.16. The molecule has 0 heterocycles. The van der Waals surface area contributed by atoms with E-state index in [1.807, 2.05) is 0 Å². The molecule has 1 aromatic carbocycles. The molecule has 0 aliphatic heterocycles. The number of rotatable bonds is 10. The van der Waals surface area contributed by atoms with Gasteiger partial charge in [-0.3, -0.25) is 0 Å². The van der Waals surface area contributed by atoms with Gasteiger partial charge in [0.05, 0.1) is 12.7 Å². The van der Waals surface area contributed by atoms with E-state index >= 15 is 0 Å². The van der Waals surface area contributed by atoms with Gasteiger partial charge in [0.15, 0.2) is 0 Å². The van der Waals surface area contributed by atoms with Gasteiger partial charge in [-0.1, -0.05) is 69.9 Å². The average molecular weight is 248 g/mol. The van der Waals surface area contributed by atoms with E-state index < -0.39 is 0 Å². The Kier molecular flexibility index (Phi) is 8.58. The molecule has 0 unspecified atom stereocenters. The van der Waals surface area contributed by atoms with Crippen LogP contribution < -0.4 is 0 Å². The molecule has 0 N–H and O–H groups in total. The zero-order valence-electron chi connectivity index (χ0n) is 12.0. The first-order valence-electron chi connectivity index (χ1n) is 7.52. The molecule has 0 fully saturated rings. The van der Waals surface area contributed by atoms with Crippen molar-refractivity contribution in [3.63, 3.8) is 0 Å². The van der Waals surface area contributed by atoms with Gasteiger partial charge in [-0.15, -0.1) is 0 Å². The minimum Gasteiger partial charge on any atom is -0.378 e. The first-order valence-corrected chi connectivity index (χ1v) is 7.52. The molecule has 1 nitrogen and oxygen atoms in total. The second-order valence-corrected chi connectivity index (χ2v) is 5.01. The molecule has 1 aromatic rings. The van der Waals surface area contributed by atoms with E-state index in [1.54, 1.807) is 0 Å². The van der Waals surface area contributed by atoms with Gasteiger partial charge >= 0.3 is 0 Å². The first-order chi connectivity index (χ1) is 8.86. The van der Waals surface area contributed by atoms with E-state index in [1.165, 1.54) is 44.1 Å². The van der Waals surface area contributed by atoms with Crippen LogP contribution in [0.2, 0.25) is 0 Å². The molecule has 18 heavy (non-hydrogen) atoms. The van der Waals surface area contributed by atoms with Crippen LogP contribution in [0.25, 0.3) is 0 Å². The lowest BCUT2D eigenvalue weighted by Gasteiger charge is -2.17. The van der Waals surface area contributed by atoms with Crippen LogP contribution in [-0.2, 0) is 11.2 Å². The molecule has 1 rings (SSSR count). The van der Waals surface area contributed by atoms with Crippen molar-refractivity contribution >= 4 is 0 Å². The summed E-state index contributed by atoms with van der Waals surface area (Å²) in [5.74, 6) is 0. The lowest BCUT2D eigenvalue weighted by molar-refractivity contribution is 0.0407. The van der Waals surface area contributed by atoms with Crippen LogP contribution in [0.5, 0.6) is 0 Å². The Morgan fingerprint density at radius 2 is 1.56 bits per heavy atom. The lowest BCUT2D eigenvalue weighted by atomic mass is 10.1. The monoisotopic (exact) mass is 248 g/mol. The van der Waals surface area contributed by atoms with E-state index in [-0.39, 0.29) is 0 Å². The SMILES string of the molecule is CCCCC(CCCC)OCCc1ccccc1. The normalized spacial score (nSPS) is 11.1. The Morgan fingerprint density at radius 1 is 0.944 bits per heavy atom. The first kappa shape index (κ1) is 15.2. The molecule has 0 bridgehead atoms. The van der Waals surface area contributed by atoms with Crippen LogP contribution in [-0.4, -0.2) is 12.7 Å². The van der Waals surface area contributed by atoms with Crippen LogP contribution in [0.3, 0.4) is 0 Å².